The second kappa shape index (κ2) is 8.05. The Morgan fingerprint density at radius 1 is 1.50 bits per heavy atom. The molecule has 8 nitrogen and oxygen atoms in total. The number of carboxylic acids is 1. The number of carboxylic acid groups (broad SMARTS) is 1. The van der Waals surface area contributed by atoms with Crippen LogP contribution in [-0.2, 0) is 16.0 Å². The van der Waals surface area contributed by atoms with Crippen molar-refractivity contribution in [3.63, 3.8) is 0 Å². The summed E-state index contributed by atoms with van der Waals surface area (Å²) in [6.45, 7) is 6.01. The number of hydrogen-bond donors (Lipinski definition) is 1. The number of rotatable bonds is 7. The quantitative estimate of drug-likeness (QED) is 0.601. The second-order valence-corrected chi connectivity index (χ2v) is 6.40. The number of nitro groups is 1. The Labute approximate surface area is 140 Å². The van der Waals surface area contributed by atoms with E-state index < -0.39 is 10.9 Å². The third kappa shape index (κ3) is 4.64. The molecule has 24 heavy (non-hydrogen) atoms. The predicted molar refractivity (Wildman–Crippen MR) is 88.3 cm³/mol. The summed E-state index contributed by atoms with van der Waals surface area (Å²) in [4.78, 5) is 28.1. The van der Waals surface area contributed by atoms with Crippen LogP contribution in [-0.4, -0.2) is 46.8 Å². The highest BCUT2D eigenvalue weighted by Crippen LogP contribution is 2.31. The summed E-state index contributed by atoms with van der Waals surface area (Å²) in [6.07, 6.45) is 2.73. The average Bonchev–Trinajstić information content (AvgIpc) is 2.53. The first kappa shape index (κ1) is 18.1. The number of aromatic nitrogens is 1. The lowest BCUT2D eigenvalue weighted by molar-refractivity contribution is -0.384. The molecule has 1 N–H and O–H groups in total. The maximum atomic E-state index is 11.5. The van der Waals surface area contributed by atoms with Gasteiger partial charge in [0.25, 0.3) is 0 Å². The zero-order valence-corrected chi connectivity index (χ0v) is 14.0. The van der Waals surface area contributed by atoms with Gasteiger partial charge in [-0.1, -0.05) is 13.8 Å². The van der Waals surface area contributed by atoms with E-state index in [0.29, 0.717) is 37.1 Å². The highest BCUT2D eigenvalue weighted by molar-refractivity contribution is 5.71. The van der Waals surface area contributed by atoms with Crippen LogP contribution >= 0.6 is 0 Å². The van der Waals surface area contributed by atoms with Gasteiger partial charge in [-0.25, -0.2) is 4.98 Å². The number of pyridine rings is 1. The zero-order chi connectivity index (χ0) is 17.7. The third-order valence-corrected chi connectivity index (χ3v) is 3.92. The minimum Gasteiger partial charge on any atom is -0.481 e. The van der Waals surface area contributed by atoms with E-state index in [0.717, 1.165) is 12.8 Å². The van der Waals surface area contributed by atoms with Crippen LogP contribution in [0.15, 0.2) is 12.3 Å². The topological polar surface area (TPSA) is 106 Å². The van der Waals surface area contributed by atoms with Gasteiger partial charge in [0.1, 0.15) is 0 Å². The molecular formula is C16H23N3O5. The normalized spacial score (nSPS) is 15.5. The number of carbonyl (C=O) groups is 1. The van der Waals surface area contributed by atoms with Crippen LogP contribution in [0.2, 0.25) is 0 Å². The molecule has 0 unspecified atom stereocenters. The molecule has 1 aliphatic rings. The Morgan fingerprint density at radius 2 is 2.17 bits per heavy atom. The van der Waals surface area contributed by atoms with Crippen LogP contribution in [0.3, 0.4) is 0 Å². The Morgan fingerprint density at radius 3 is 2.71 bits per heavy atom. The van der Waals surface area contributed by atoms with E-state index in [-0.39, 0.29) is 18.2 Å². The molecule has 1 aliphatic heterocycles. The maximum Gasteiger partial charge on any atom is 0.311 e. The Balaban J connectivity index is 2.39. The highest BCUT2D eigenvalue weighted by Gasteiger charge is 2.29. The van der Waals surface area contributed by atoms with Crippen LogP contribution in [0, 0.1) is 16.0 Å². The Bertz CT molecular complexity index is 599. The smallest absolute Gasteiger partial charge is 0.311 e. The van der Waals surface area contributed by atoms with E-state index in [4.69, 9.17) is 9.84 Å². The number of anilines is 1. The molecule has 2 rings (SSSR count). The summed E-state index contributed by atoms with van der Waals surface area (Å²) in [5.41, 5.74) is 0.190. The highest BCUT2D eigenvalue weighted by atomic mass is 16.6. The number of hydrogen-bond acceptors (Lipinski definition) is 6. The molecule has 0 bridgehead atoms. The van der Waals surface area contributed by atoms with Gasteiger partial charge in [0.2, 0.25) is 5.82 Å². The first-order chi connectivity index (χ1) is 11.4. The van der Waals surface area contributed by atoms with Gasteiger partial charge in [0.15, 0.2) is 0 Å². The predicted octanol–water partition coefficient (Wildman–Crippen LogP) is 2.26. The Kier molecular flexibility index (Phi) is 6.08. The van der Waals surface area contributed by atoms with Crippen molar-refractivity contribution in [2.24, 2.45) is 5.92 Å². The van der Waals surface area contributed by atoms with Crippen molar-refractivity contribution < 1.29 is 19.6 Å². The van der Waals surface area contributed by atoms with Crippen molar-refractivity contribution in [3.05, 3.63) is 27.9 Å². The van der Waals surface area contributed by atoms with Crippen LogP contribution in [0.25, 0.3) is 0 Å². The molecule has 0 aliphatic carbocycles. The van der Waals surface area contributed by atoms with Crippen molar-refractivity contribution in [1.29, 1.82) is 0 Å². The largest absolute Gasteiger partial charge is 0.481 e. The maximum absolute atomic E-state index is 11.5. The molecule has 8 heteroatoms. The van der Waals surface area contributed by atoms with Gasteiger partial charge in [0, 0.05) is 38.1 Å². The minimum absolute atomic E-state index is 0.137. The van der Waals surface area contributed by atoms with Gasteiger partial charge in [-0.3, -0.25) is 14.9 Å². The summed E-state index contributed by atoms with van der Waals surface area (Å²) in [6, 6.07) is 1.46. The molecule has 2 heterocycles. The molecule has 1 aromatic heterocycles. The van der Waals surface area contributed by atoms with Crippen molar-refractivity contribution in [3.8, 4) is 0 Å². The van der Waals surface area contributed by atoms with Gasteiger partial charge >= 0.3 is 11.7 Å². The van der Waals surface area contributed by atoms with Gasteiger partial charge in [0.05, 0.1) is 11.3 Å². The molecule has 0 saturated carbocycles. The lowest BCUT2D eigenvalue weighted by Crippen LogP contribution is -2.42. The molecular weight excluding hydrogens is 314 g/mol. The monoisotopic (exact) mass is 337 g/mol. The SMILES string of the molecule is CC(C)CN(c1ncc(CC(=O)O)cc1[N+](=O)[O-])C1CCOCC1. The molecule has 132 valence electrons. The molecule has 0 amide bonds. The second-order valence-electron chi connectivity index (χ2n) is 6.40. The van der Waals surface area contributed by atoms with Crippen molar-refractivity contribution in [2.45, 2.75) is 39.2 Å². The summed E-state index contributed by atoms with van der Waals surface area (Å²) in [7, 11) is 0. The molecule has 1 aromatic rings. The van der Waals surface area contributed by atoms with Crippen molar-refractivity contribution >= 4 is 17.5 Å². The fraction of sp³-hybridized carbons (Fsp3) is 0.625. The molecule has 0 atom stereocenters. The van der Waals surface area contributed by atoms with Crippen molar-refractivity contribution in [2.75, 3.05) is 24.7 Å². The molecule has 1 fully saturated rings. The summed E-state index contributed by atoms with van der Waals surface area (Å²) < 4.78 is 5.39. The van der Waals surface area contributed by atoms with E-state index >= 15 is 0 Å². The molecule has 0 spiro atoms. The Hall–Kier alpha value is -2.22. The van der Waals surface area contributed by atoms with Crippen LogP contribution < -0.4 is 4.90 Å². The van der Waals surface area contributed by atoms with E-state index in [2.05, 4.69) is 18.8 Å². The zero-order valence-electron chi connectivity index (χ0n) is 14.0. The van der Waals surface area contributed by atoms with Gasteiger partial charge in [-0.2, -0.15) is 0 Å². The fourth-order valence-electron chi connectivity index (χ4n) is 2.91. The standard InChI is InChI=1S/C16H23N3O5/c1-11(2)10-18(13-3-5-24-6-4-13)16-14(19(22)23)7-12(9-17-16)8-15(20)21/h7,9,11,13H,3-6,8,10H2,1-2H3,(H,20,21). The lowest BCUT2D eigenvalue weighted by atomic mass is 10.0. The van der Waals surface area contributed by atoms with E-state index in [1.807, 2.05) is 4.90 Å². The minimum atomic E-state index is -1.04. The lowest BCUT2D eigenvalue weighted by Gasteiger charge is -2.36. The van der Waals surface area contributed by atoms with Gasteiger partial charge in [-0.15, -0.1) is 0 Å². The summed E-state index contributed by atoms with van der Waals surface area (Å²) >= 11 is 0. The molecule has 0 aromatic carbocycles. The van der Waals surface area contributed by atoms with E-state index in [9.17, 15) is 14.9 Å². The third-order valence-electron chi connectivity index (χ3n) is 3.92. The van der Waals surface area contributed by atoms with Gasteiger partial charge in [-0.05, 0) is 24.3 Å². The van der Waals surface area contributed by atoms with E-state index in [1.54, 1.807) is 0 Å². The van der Waals surface area contributed by atoms with E-state index in [1.165, 1.54) is 12.3 Å². The summed E-state index contributed by atoms with van der Waals surface area (Å²) in [5.74, 6) is -0.412. The number of nitrogens with zero attached hydrogens (tertiary/aromatic N) is 3. The van der Waals surface area contributed by atoms with Crippen molar-refractivity contribution in [1.82, 2.24) is 4.98 Å². The first-order valence-corrected chi connectivity index (χ1v) is 8.08. The first-order valence-electron chi connectivity index (χ1n) is 8.08. The van der Waals surface area contributed by atoms with Crippen LogP contribution in [0.4, 0.5) is 11.5 Å². The van der Waals surface area contributed by atoms with Crippen LogP contribution in [0.1, 0.15) is 32.3 Å². The molecule has 0 radical (unpaired) electrons. The fourth-order valence-corrected chi connectivity index (χ4v) is 2.91. The number of ether oxygens (including phenoxy) is 1. The number of aliphatic carboxylic acids is 1. The summed E-state index contributed by atoms with van der Waals surface area (Å²) in [5, 5.41) is 20.4. The van der Waals surface area contributed by atoms with Gasteiger partial charge < -0.3 is 14.7 Å². The van der Waals surface area contributed by atoms with Crippen LogP contribution in [0.5, 0.6) is 0 Å². The average molecular weight is 337 g/mol. The molecule has 1 saturated heterocycles.